The summed E-state index contributed by atoms with van der Waals surface area (Å²) in [5.74, 6) is -0.0959. The van der Waals surface area contributed by atoms with E-state index in [1.54, 1.807) is 31.4 Å². The van der Waals surface area contributed by atoms with Crippen molar-refractivity contribution in [3.05, 3.63) is 45.9 Å². The molecule has 1 aromatic heterocycles. The van der Waals surface area contributed by atoms with Crippen LogP contribution in [0.25, 0.3) is 0 Å². The van der Waals surface area contributed by atoms with Crippen LogP contribution in [0.3, 0.4) is 0 Å². The van der Waals surface area contributed by atoms with Crippen molar-refractivity contribution in [1.29, 1.82) is 0 Å². The number of thioether (sulfide) groups is 1. The highest BCUT2D eigenvalue weighted by molar-refractivity contribution is 7.99. The molecule has 1 aliphatic rings. The number of aromatic amines is 1. The van der Waals surface area contributed by atoms with E-state index in [2.05, 4.69) is 10.2 Å². The second kappa shape index (κ2) is 7.66. The number of carbonyl (C=O) groups is 2. The summed E-state index contributed by atoms with van der Waals surface area (Å²) in [4.78, 5) is 37.6. The van der Waals surface area contributed by atoms with Crippen molar-refractivity contribution in [3.8, 4) is 0 Å². The van der Waals surface area contributed by atoms with Crippen molar-refractivity contribution in [3.63, 3.8) is 0 Å². The summed E-state index contributed by atoms with van der Waals surface area (Å²) in [6.45, 7) is 1.31. The molecule has 0 spiro atoms. The number of methoxy groups -OCH3 is 1. The van der Waals surface area contributed by atoms with Crippen LogP contribution in [-0.2, 0) is 11.3 Å². The number of nitrogens with one attached hydrogen (secondary N) is 1. The molecule has 0 saturated heterocycles. The lowest BCUT2D eigenvalue weighted by molar-refractivity contribution is 0.0664. The number of hydrogen-bond donors (Lipinski definition) is 1. The van der Waals surface area contributed by atoms with Crippen LogP contribution in [0.15, 0.2) is 34.2 Å². The Morgan fingerprint density at radius 1 is 1.12 bits per heavy atom. The molecular formula is C16H18N4O4S. The molecule has 132 valence electrons. The molecule has 0 saturated carbocycles. The first-order chi connectivity index (χ1) is 12.1. The van der Waals surface area contributed by atoms with Crippen LogP contribution in [0.4, 0.5) is 0 Å². The van der Waals surface area contributed by atoms with Gasteiger partial charge in [-0.3, -0.25) is 19.1 Å². The summed E-state index contributed by atoms with van der Waals surface area (Å²) in [6, 6.07) is 6.79. The Hall–Kier alpha value is -2.39. The number of rotatable bonds is 8. The summed E-state index contributed by atoms with van der Waals surface area (Å²) in [5.41, 5.74) is 0.599. The average molecular weight is 362 g/mol. The molecule has 0 unspecified atom stereocenters. The topological polar surface area (TPSA) is 97.3 Å². The van der Waals surface area contributed by atoms with E-state index in [0.29, 0.717) is 41.6 Å². The van der Waals surface area contributed by atoms with Crippen molar-refractivity contribution < 1.29 is 14.3 Å². The number of benzene rings is 1. The number of H-pyrrole nitrogens is 1. The van der Waals surface area contributed by atoms with Crippen LogP contribution < -0.4 is 5.69 Å². The van der Waals surface area contributed by atoms with E-state index in [4.69, 9.17) is 4.74 Å². The van der Waals surface area contributed by atoms with Gasteiger partial charge in [-0.2, -0.15) is 0 Å². The molecule has 0 bridgehead atoms. The molecule has 2 aromatic rings. The van der Waals surface area contributed by atoms with E-state index in [9.17, 15) is 14.4 Å². The molecule has 8 nitrogen and oxygen atoms in total. The fourth-order valence-electron chi connectivity index (χ4n) is 2.65. The van der Waals surface area contributed by atoms with E-state index in [0.717, 1.165) is 0 Å². The first-order valence-electron chi connectivity index (χ1n) is 7.85. The Kier molecular flexibility index (Phi) is 5.34. The Bertz CT molecular complexity index is 810. The third-order valence-electron chi connectivity index (χ3n) is 3.88. The number of fused-ring (bicyclic) bond motifs is 1. The maximum Gasteiger partial charge on any atom is 0.343 e. The van der Waals surface area contributed by atoms with Crippen LogP contribution in [0.5, 0.6) is 0 Å². The highest BCUT2D eigenvalue weighted by Gasteiger charge is 2.34. The quantitative estimate of drug-likeness (QED) is 0.427. The maximum atomic E-state index is 12.3. The van der Waals surface area contributed by atoms with Gasteiger partial charge in [-0.05, 0) is 18.6 Å². The lowest BCUT2D eigenvalue weighted by Gasteiger charge is -2.13. The largest absolute Gasteiger partial charge is 0.385 e. The number of carbonyl (C=O) groups excluding carboxylic acids is 2. The van der Waals surface area contributed by atoms with Gasteiger partial charge >= 0.3 is 5.69 Å². The highest BCUT2D eigenvalue weighted by atomic mass is 32.2. The number of hydrogen-bond acceptors (Lipinski definition) is 6. The molecule has 9 heteroatoms. The van der Waals surface area contributed by atoms with Crippen molar-refractivity contribution in [2.45, 2.75) is 18.1 Å². The first-order valence-corrected chi connectivity index (χ1v) is 8.84. The van der Waals surface area contributed by atoms with Crippen molar-refractivity contribution in [2.75, 3.05) is 26.0 Å². The van der Waals surface area contributed by atoms with Crippen molar-refractivity contribution >= 4 is 23.6 Å². The summed E-state index contributed by atoms with van der Waals surface area (Å²) < 4.78 is 6.52. The molecule has 0 radical (unpaired) electrons. The molecule has 0 fully saturated rings. The summed E-state index contributed by atoms with van der Waals surface area (Å²) in [6.07, 6.45) is 0.696. The van der Waals surface area contributed by atoms with E-state index in [1.165, 1.54) is 21.2 Å². The van der Waals surface area contributed by atoms with E-state index < -0.39 is 0 Å². The van der Waals surface area contributed by atoms with Gasteiger partial charge in [0.1, 0.15) is 0 Å². The average Bonchev–Trinajstić information content (AvgIpc) is 3.09. The van der Waals surface area contributed by atoms with Crippen LogP contribution in [-0.4, -0.2) is 57.5 Å². The predicted octanol–water partition coefficient (Wildman–Crippen LogP) is 0.996. The maximum absolute atomic E-state index is 12.3. The zero-order valence-electron chi connectivity index (χ0n) is 13.7. The summed E-state index contributed by atoms with van der Waals surface area (Å²) >= 11 is 1.33. The Morgan fingerprint density at radius 2 is 1.80 bits per heavy atom. The normalized spacial score (nSPS) is 13.6. The van der Waals surface area contributed by atoms with Gasteiger partial charge in [0.2, 0.25) is 0 Å². The zero-order valence-corrected chi connectivity index (χ0v) is 14.5. The molecule has 1 aliphatic heterocycles. The van der Waals surface area contributed by atoms with Crippen molar-refractivity contribution in [2.24, 2.45) is 0 Å². The molecule has 0 aliphatic carbocycles. The summed E-state index contributed by atoms with van der Waals surface area (Å²) in [5, 5.41) is 6.96. The standard InChI is InChI=1S/C16H18N4O4S/c1-24-9-4-7-20-15(23)17-18-16(20)25-10-8-19-13(21)11-5-2-3-6-12(11)14(19)22/h2-3,5-6H,4,7-10H2,1H3,(H,17,23). The van der Waals surface area contributed by atoms with E-state index in [1.807, 2.05) is 0 Å². The minimum atomic E-state index is -0.278. The third-order valence-corrected chi connectivity index (χ3v) is 4.83. The van der Waals surface area contributed by atoms with Crippen LogP contribution in [0, 0.1) is 0 Å². The summed E-state index contributed by atoms with van der Waals surface area (Å²) in [7, 11) is 1.61. The number of nitrogens with zero attached hydrogens (tertiary/aromatic N) is 3. The van der Waals surface area contributed by atoms with E-state index >= 15 is 0 Å². The van der Waals surface area contributed by atoms with Crippen LogP contribution >= 0.6 is 11.8 Å². The molecule has 2 heterocycles. The molecular weight excluding hydrogens is 344 g/mol. The number of imide groups is 1. The second-order valence-corrected chi connectivity index (χ2v) is 6.53. The monoisotopic (exact) mass is 362 g/mol. The van der Waals surface area contributed by atoms with Crippen LogP contribution in [0.1, 0.15) is 27.1 Å². The second-order valence-electron chi connectivity index (χ2n) is 5.47. The zero-order chi connectivity index (χ0) is 17.8. The van der Waals surface area contributed by atoms with Gasteiger partial charge in [0, 0.05) is 32.6 Å². The lowest BCUT2D eigenvalue weighted by Crippen LogP contribution is -2.32. The van der Waals surface area contributed by atoms with Gasteiger partial charge in [-0.1, -0.05) is 23.9 Å². The lowest BCUT2D eigenvalue weighted by atomic mass is 10.1. The number of ether oxygens (including phenoxy) is 1. The molecule has 1 aromatic carbocycles. The Balaban J connectivity index is 1.60. The fraction of sp³-hybridized carbons (Fsp3) is 0.375. The minimum Gasteiger partial charge on any atom is -0.385 e. The van der Waals surface area contributed by atoms with Gasteiger partial charge < -0.3 is 4.74 Å². The molecule has 2 amide bonds. The predicted molar refractivity (Wildman–Crippen MR) is 91.9 cm³/mol. The van der Waals surface area contributed by atoms with Gasteiger partial charge in [0.25, 0.3) is 11.8 Å². The van der Waals surface area contributed by atoms with Gasteiger partial charge in [0.15, 0.2) is 5.16 Å². The Labute approximate surface area is 148 Å². The molecule has 25 heavy (non-hydrogen) atoms. The number of aromatic nitrogens is 3. The minimum absolute atomic E-state index is 0.260. The van der Waals surface area contributed by atoms with Crippen LogP contribution in [0.2, 0.25) is 0 Å². The van der Waals surface area contributed by atoms with Gasteiger partial charge in [-0.15, -0.1) is 5.10 Å². The molecule has 1 N–H and O–H groups in total. The molecule has 3 rings (SSSR count). The van der Waals surface area contributed by atoms with E-state index in [-0.39, 0.29) is 24.0 Å². The SMILES string of the molecule is COCCCn1c(SCCN2C(=O)c3ccccc3C2=O)n[nH]c1=O. The first kappa shape index (κ1) is 17.4. The van der Waals surface area contributed by atoms with Gasteiger partial charge in [0.05, 0.1) is 11.1 Å². The number of amides is 2. The molecule has 0 atom stereocenters. The highest BCUT2D eigenvalue weighted by Crippen LogP contribution is 2.23. The Morgan fingerprint density at radius 3 is 2.44 bits per heavy atom. The third kappa shape index (κ3) is 3.52. The smallest absolute Gasteiger partial charge is 0.343 e. The van der Waals surface area contributed by atoms with Gasteiger partial charge in [-0.25, -0.2) is 9.89 Å². The fourth-order valence-corrected chi connectivity index (χ4v) is 3.54. The van der Waals surface area contributed by atoms with Crippen molar-refractivity contribution in [1.82, 2.24) is 19.7 Å².